The number of piperazine rings is 1. The molecular formula is C16H18BrN3O. The van der Waals surface area contributed by atoms with E-state index in [0.29, 0.717) is 6.42 Å². The largest absolute Gasteiger partial charge is 0.367 e. The van der Waals surface area contributed by atoms with Gasteiger partial charge in [-0.05, 0) is 28.1 Å². The number of aromatic nitrogens is 1. The van der Waals surface area contributed by atoms with E-state index >= 15 is 0 Å². The average molecular weight is 348 g/mol. The Labute approximate surface area is 132 Å². The van der Waals surface area contributed by atoms with Gasteiger partial charge in [0, 0.05) is 54.3 Å². The smallest absolute Gasteiger partial charge is 0.222 e. The van der Waals surface area contributed by atoms with Crippen LogP contribution < -0.4 is 4.90 Å². The number of amides is 1. The standard InChI is InChI=1S/C16H18BrN3O/c1-2-15(21)20-10-8-19(9-11-20)14-6-7-18-16-12(14)4-3-5-13(16)17/h3-7H,2,8-11H2,1H3. The maximum atomic E-state index is 11.8. The molecule has 0 saturated carbocycles. The first kappa shape index (κ1) is 14.3. The Morgan fingerprint density at radius 3 is 2.71 bits per heavy atom. The molecule has 1 amide bonds. The Hall–Kier alpha value is -1.62. The second-order valence-electron chi connectivity index (χ2n) is 5.19. The molecule has 1 aromatic carbocycles. The number of benzene rings is 1. The summed E-state index contributed by atoms with van der Waals surface area (Å²) in [7, 11) is 0. The number of carbonyl (C=O) groups is 1. The van der Waals surface area contributed by atoms with Crippen LogP contribution in [-0.2, 0) is 4.79 Å². The summed E-state index contributed by atoms with van der Waals surface area (Å²) in [6, 6.07) is 8.21. The number of carbonyl (C=O) groups excluding carboxylic acids is 1. The SMILES string of the molecule is CCC(=O)N1CCN(c2ccnc3c(Br)cccc23)CC1. The molecule has 110 valence electrons. The van der Waals surface area contributed by atoms with Gasteiger partial charge in [0.05, 0.1) is 5.52 Å². The van der Waals surface area contributed by atoms with E-state index in [4.69, 9.17) is 0 Å². The normalized spacial score (nSPS) is 15.5. The lowest BCUT2D eigenvalue weighted by molar-refractivity contribution is -0.131. The molecule has 0 atom stereocenters. The molecule has 0 spiro atoms. The van der Waals surface area contributed by atoms with Crippen molar-refractivity contribution in [2.24, 2.45) is 0 Å². The molecular weight excluding hydrogens is 330 g/mol. The van der Waals surface area contributed by atoms with E-state index in [1.807, 2.05) is 30.2 Å². The van der Waals surface area contributed by atoms with Gasteiger partial charge in [-0.1, -0.05) is 19.1 Å². The minimum atomic E-state index is 0.247. The molecule has 2 heterocycles. The Morgan fingerprint density at radius 1 is 1.24 bits per heavy atom. The first-order chi connectivity index (χ1) is 10.2. The molecule has 0 radical (unpaired) electrons. The number of hydrogen-bond acceptors (Lipinski definition) is 3. The number of nitrogens with zero attached hydrogens (tertiary/aromatic N) is 3. The minimum absolute atomic E-state index is 0.247. The van der Waals surface area contributed by atoms with Gasteiger partial charge >= 0.3 is 0 Å². The molecule has 21 heavy (non-hydrogen) atoms. The lowest BCUT2D eigenvalue weighted by Gasteiger charge is -2.36. The molecule has 1 aliphatic rings. The van der Waals surface area contributed by atoms with Crippen LogP contribution in [0.4, 0.5) is 5.69 Å². The van der Waals surface area contributed by atoms with Crippen LogP contribution in [0.15, 0.2) is 34.9 Å². The highest BCUT2D eigenvalue weighted by atomic mass is 79.9. The number of fused-ring (bicyclic) bond motifs is 1. The lowest BCUT2D eigenvalue weighted by atomic mass is 10.1. The van der Waals surface area contributed by atoms with E-state index < -0.39 is 0 Å². The summed E-state index contributed by atoms with van der Waals surface area (Å²) in [5, 5.41) is 1.15. The first-order valence-corrected chi connectivity index (χ1v) is 8.06. The number of hydrogen-bond donors (Lipinski definition) is 0. The van der Waals surface area contributed by atoms with Crippen molar-refractivity contribution in [2.75, 3.05) is 31.1 Å². The van der Waals surface area contributed by atoms with Crippen molar-refractivity contribution in [1.82, 2.24) is 9.88 Å². The van der Waals surface area contributed by atoms with Crippen molar-refractivity contribution in [3.8, 4) is 0 Å². The summed E-state index contributed by atoms with van der Waals surface area (Å²) in [6.45, 7) is 5.26. The minimum Gasteiger partial charge on any atom is -0.367 e. The predicted molar refractivity (Wildman–Crippen MR) is 88.5 cm³/mol. The van der Waals surface area contributed by atoms with Gasteiger partial charge < -0.3 is 9.80 Å². The van der Waals surface area contributed by atoms with Crippen molar-refractivity contribution in [3.05, 3.63) is 34.9 Å². The van der Waals surface area contributed by atoms with Crippen molar-refractivity contribution < 1.29 is 4.79 Å². The Bertz CT molecular complexity index is 666. The summed E-state index contributed by atoms with van der Waals surface area (Å²) in [5.41, 5.74) is 2.19. The van der Waals surface area contributed by atoms with E-state index in [-0.39, 0.29) is 5.91 Å². The van der Waals surface area contributed by atoms with Crippen molar-refractivity contribution in [3.63, 3.8) is 0 Å². The second-order valence-corrected chi connectivity index (χ2v) is 6.04. The van der Waals surface area contributed by atoms with E-state index in [9.17, 15) is 4.79 Å². The molecule has 1 aliphatic heterocycles. The Balaban J connectivity index is 1.86. The summed E-state index contributed by atoms with van der Waals surface area (Å²) >= 11 is 3.56. The molecule has 0 aliphatic carbocycles. The third kappa shape index (κ3) is 2.75. The van der Waals surface area contributed by atoms with Gasteiger partial charge in [-0.25, -0.2) is 0 Å². The first-order valence-electron chi connectivity index (χ1n) is 7.26. The highest BCUT2D eigenvalue weighted by Gasteiger charge is 2.21. The monoisotopic (exact) mass is 347 g/mol. The van der Waals surface area contributed by atoms with Gasteiger partial charge in [-0.3, -0.25) is 9.78 Å². The quantitative estimate of drug-likeness (QED) is 0.837. The molecule has 4 nitrogen and oxygen atoms in total. The maximum absolute atomic E-state index is 11.8. The van der Waals surface area contributed by atoms with Crippen molar-refractivity contribution >= 4 is 38.4 Å². The third-order valence-electron chi connectivity index (χ3n) is 3.97. The van der Waals surface area contributed by atoms with Gasteiger partial charge in [0.15, 0.2) is 0 Å². The van der Waals surface area contributed by atoms with Gasteiger partial charge in [-0.2, -0.15) is 0 Å². The predicted octanol–water partition coefficient (Wildman–Crippen LogP) is 3.06. The molecule has 1 saturated heterocycles. The van der Waals surface area contributed by atoms with Gasteiger partial charge in [0.1, 0.15) is 0 Å². The number of halogens is 1. The van der Waals surface area contributed by atoms with Gasteiger partial charge in [0.25, 0.3) is 0 Å². The summed E-state index contributed by atoms with van der Waals surface area (Å²) in [5.74, 6) is 0.247. The van der Waals surface area contributed by atoms with Crippen molar-refractivity contribution in [1.29, 1.82) is 0 Å². The van der Waals surface area contributed by atoms with Crippen LogP contribution in [0.2, 0.25) is 0 Å². The van der Waals surface area contributed by atoms with Crippen LogP contribution >= 0.6 is 15.9 Å². The third-order valence-corrected chi connectivity index (χ3v) is 4.61. The molecule has 3 rings (SSSR count). The van der Waals surface area contributed by atoms with Crippen LogP contribution in [0.5, 0.6) is 0 Å². The topological polar surface area (TPSA) is 36.4 Å². The van der Waals surface area contributed by atoms with E-state index in [2.05, 4.69) is 37.9 Å². The molecule has 2 aromatic rings. The van der Waals surface area contributed by atoms with Crippen LogP contribution in [0, 0.1) is 0 Å². The van der Waals surface area contributed by atoms with E-state index in [1.165, 1.54) is 5.69 Å². The molecule has 0 bridgehead atoms. The number of anilines is 1. The summed E-state index contributed by atoms with van der Waals surface area (Å²) < 4.78 is 1.02. The summed E-state index contributed by atoms with van der Waals surface area (Å²) in [6.07, 6.45) is 2.44. The van der Waals surface area contributed by atoms with Crippen LogP contribution in [0.25, 0.3) is 10.9 Å². The van der Waals surface area contributed by atoms with Crippen molar-refractivity contribution in [2.45, 2.75) is 13.3 Å². The van der Waals surface area contributed by atoms with Gasteiger partial charge in [-0.15, -0.1) is 0 Å². The van der Waals surface area contributed by atoms with E-state index in [1.54, 1.807) is 0 Å². The summed E-state index contributed by atoms with van der Waals surface area (Å²) in [4.78, 5) is 20.5. The zero-order valence-corrected chi connectivity index (χ0v) is 13.6. The maximum Gasteiger partial charge on any atom is 0.222 e. The van der Waals surface area contributed by atoms with Crippen LogP contribution in [0.3, 0.4) is 0 Å². The fourth-order valence-electron chi connectivity index (χ4n) is 2.82. The number of pyridine rings is 1. The molecule has 1 fully saturated rings. The van der Waals surface area contributed by atoms with Crippen LogP contribution in [-0.4, -0.2) is 42.0 Å². The zero-order chi connectivity index (χ0) is 14.8. The highest BCUT2D eigenvalue weighted by Crippen LogP contribution is 2.30. The average Bonchev–Trinajstić information content (AvgIpc) is 2.54. The number of rotatable bonds is 2. The fraction of sp³-hybridized carbons (Fsp3) is 0.375. The van der Waals surface area contributed by atoms with Crippen LogP contribution in [0.1, 0.15) is 13.3 Å². The fourth-order valence-corrected chi connectivity index (χ4v) is 3.29. The molecule has 0 unspecified atom stereocenters. The zero-order valence-electron chi connectivity index (χ0n) is 12.1. The molecule has 0 N–H and O–H groups in total. The highest BCUT2D eigenvalue weighted by molar-refractivity contribution is 9.10. The molecule has 1 aromatic heterocycles. The Kier molecular flexibility index (Phi) is 4.10. The number of para-hydroxylation sites is 1. The molecule has 5 heteroatoms. The Morgan fingerprint density at radius 2 is 2.00 bits per heavy atom. The van der Waals surface area contributed by atoms with Gasteiger partial charge in [0.2, 0.25) is 5.91 Å². The lowest BCUT2D eigenvalue weighted by Crippen LogP contribution is -2.48. The second kappa shape index (κ2) is 6.02. The van der Waals surface area contributed by atoms with E-state index in [0.717, 1.165) is 41.6 Å².